The molecule has 1 fully saturated rings. The molecule has 180 valence electrons. The number of piperazine rings is 1. The number of rotatable bonds is 5. The minimum Gasteiger partial charge on any atom is -0.368 e. The number of hydrogen-bond acceptors (Lipinski definition) is 6. The average Bonchev–Trinajstić information content (AvgIpc) is 3.17. The first-order valence-corrected chi connectivity index (χ1v) is 11.5. The van der Waals surface area contributed by atoms with E-state index in [4.69, 9.17) is 11.6 Å². The molecule has 0 atom stereocenters. The number of benzene rings is 2. The molecule has 5 rings (SSSR count). The highest BCUT2D eigenvalue weighted by atomic mass is 35.5. The number of carbonyl (C=O) groups excluding carboxylic acids is 1. The monoisotopic (exact) mass is 495 g/mol. The molecule has 1 aliphatic rings. The first-order valence-electron chi connectivity index (χ1n) is 11.1. The van der Waals surface area contributed by atoms with Crippen molar-refractivity contribution in [1.82, 2.24) is 19.2 Å². The van der Waals surface area contributed by atoms with E-state index in [0.717, 1.165) is 23.8 Å². The van der Waals surface area contributed by atoms with Gasteiger partial charge in [-0.05, 0) is 37.3 Å². The zero-order valence-electron chi connectivity index (χ0n) is 19.0. The Bertz CT molecular complexity index is 1440. The standard InChI is InChI=1S/C24H23ClFN7O2/c1-16-2-5-18(6-3-16)30-10-12-31(13-11-30)22-23-29-33(24(35)32(23)9-8-27-22)15-21(34)28-17-4-7-20(26)19(25)14-17/h2-9,14H,10-13,15H2,1H3,(H,28,34). The van der Waals surface area contributed by atoms with Crippen LogP contribution in [0.1, 0.15) is 5.56 Å². The summed E-state index contributed by atoms with van der Waals surface area (Å²) in [4.78, 5) is 34.3. The average molecular weight is 496 g/mol. The Labute approximate surface area is 205 Å². The van der Waals surface area contributed by atoms with Crippen LogP contribution in [0.15, 0.2) is 59.7 Å². The van der Waals surface area contributed by atoms with E-state index >= 15 is 0 Å². The zero-order chi connectivity index (χ0) is 24.5. The molecule has 1 aliphatic heterocycles. The molecule has 0 aliphatic carbocycles. The Hall–Kier alpha value is -3.92. The molecule has 1 amide bonds. The third-order valence-electron chi connectivity index (χ3n) is 5.96. The molecule has 0 radical (unpaired) electrons. The van der Waals surface area contributed by atoms with Gasteiger partial charge in [-0.25, -0.2) is 23.3 Å². The lowest BCUT2D eigenvalue weighted by atomic mass is 10.2. The lowest BCUT2D eigenvalue weighted by Gasteiger charge is -2.36. The second kappa shape index (κ2) is 9.38. The highest BCUT2D eigenvalue weighted by molar-refractivity contribution is 6.31. The summed E-state index contributed by atoms with van der Waals surface area (Å²) in [5.41, 5.74) is 2.66. The largest absolute Gasteiger partial charge is 0.368 e. The molecule has 0 unspecified atom stereocenters. The molecular formula is C24H23ClFN7O2. The van der Waals surface area contributed by atoms with Crippen LogP contribution in [-0.2, 0) is 11.3 Å². The molecule has 0 bridgehead atoms. The molecule has 1 N–H and O–H groups in total. The van der Waals surface area contributed by atoms with Crippen LogP contribution >= 0.6 is 11.6 Å². The van der Waals surface area contributed by atoms with E-state index in [2.05, 4.69) is 56.4 Å². The smallest absolute Gasteiger partial charge is 0.350 e. The molecule has 11 heteroatoms. The SMILES string of the molecule is Cc1ccc(N2CCN(c3nccn4c(=O)n(CC(=O)Nc5ccc(F)c(Cl)c5)nc34)CC2)cc1. The van der Waals surface area contributed by atoms with Crippen LogP contribution in [-0.4, -0.2) is 51.3 Å². The Balaban J connectivity index is 1.32. The van der Waals surface area contributed by atoms with Crippen molar-refractivity contribution in [2.75, 3.05) is 41.3 Å². The van der Waals surface area contributed by atoms with Gasteiger partial charge in [0, 0.05) is 49.9 Å². The minimum atomic E-state index is -0.582. The number of nitrogens with one attached hydrogen (secondary N) is 1. The second-order valence-electron chi connectivity index (χ2n) is 8.37. The van der Waals surface area contributed by atoms with E-state index in [-0.39, 0.29) is 11.6 Å². The molecule has 9 nitrogen and oxygen atoms in total. The van der Waals surface area contributed by atoms with Gasteiger partial charge in [0.25, 0.3) is 0 Å². The Morgan fingerprint density at radius 1 is 1.09 bits per heavy atom. The van der Waals surface area contributed by atoms with Crippen LogP contribution in [0.3, 0.4) is 0 Å². The summed E-state index contributed by atoms with van der Waals surface area (Å²) in [7, 11) is 0. The van der Waals surface area contributed by atoms with E-state index in [1.54, 1.807) is 6.20 Å². The molecule has 0 spiro atoms. The van der Waals surface area contributed by atoms with E-state index in [1.807, 2.05) is 0 Å². The van der Waals surface area contributed by atoms with Crippen molar-refractivity contribution >= 4 is 40.3 Å². The molecular weight excluding hydrogens is 473 g/mol. The van der Waals surface area contributed by atoms with Crippen molar-refractivity contribution in [1.29, 1.82) is 0 Å². The Morgan fingerprint density at radius 3 is 2.51 bits per heavy atom. The summed E-state index contributed by atoms with van der Waals surface area (Å²) in [6, 6.07) is 12.3. The topological polar surface area (TPSA) is 87.8 Å². The maximum Gasteiger partial charge on any atom is 0.350 e. The quantitative estimate of drug-likeness (QED) is 0.458. The number of anilines is 3. The van der Waals surface area contributed by atoms with E-state index in [1.165, 1.54) is 34.0 Å². The van der Waals surface area contributed by atoms with Crippen molar-refractivity contribution in [3.63, 3.8) is 0 Å². The van der Waals surface area contributed by atoms with Crippen molar-refractivity contribution in [2.24, 2.45) is 0 Å². The number of hydrogen-bond donors (Lipinski definition) is 1. The molecule has 3 heterocycles. The fourth-order valence-corrected chi connectivity index (χ4v) is 4.28. The fourth-order valence-electron chi connectivity index (χ4n) is 4.10. The highest BCUT2D eigenvalue weighted by Gasteiger charge is 2.23. The Morgan fingerprint density at radius 2 is 1.80 bits per heavy atom. The van der Waals surface area contributed by atoms with Crippen LogP contribution in [0.2, 0.25) is 5.02 Å². The Kier molecular flexibility index (Phi) is 6.12. The van der Waals surface area contributed by atoms with Crippen LogP contribution in [0.25, 0.3) is 5.65 Å². The summed E-state index contributed by atoms with van der Waals surface area (Å²) in [6.07, 6.45) is 3.09. The van der Waals surface area contributed by atoms with Crippen LogP contribution < -0.4 is 20.8 Å². The van der Waals surface area contributed by atoms with Gasteiger partial charge in [-0.3, -0.25) is 4.79 Å². The first kappa shape index (κ1) is 22.9. The number of nitrogens with zero attached hydrogens (tertiary/aromatic N) is 6. The zero-order valence-corrected chi connectivity index (χ0v) is 19.7. The van der Waals surface area contributed by atoms with Crippen LogP contribution in [0.5, 0.6) is 0 Å². The van der Waals surface area contributed by atoms with Gasteiger partial charge in [0.05, 0.1) is 5.02 Å². The van der Waals surface area contributed by atoms with Crippen LogP contribution in [0, 0.1) is 12.7 Å². The summed E-state index contributed by atoms with van der Waals surface area (Å²) in [5, 5.41) is 6.89. The number of halogens is 2. The molecule has 4 aromatic rings. The van der Waals surface area contributed by atoms with Gasteiger partial charge in [-0.15, -0.1) is 5.10 Å². The normalized spacial score (nSPS) is 13.9. The van der Waals surface area contributed by atoms with Gasteiger partial charge in [-0.1, -0.05) is 29.3 Å². The van der Waals surface area contributed by atoms with Gasteiger partial charge in [0.1, 0.15) is 12.4 Å². The summed E-state index contributed by atoms with van der Waals surface area (Å²) in [5.74, 6) is -0.474. The summed E-state index contributed by atoms with van der Waals surface area (Å²) in [6.45, 7) is 4.80. The van der Waals surface area contributed by atoms with Crippen molar-refractivity contribution in [3.8, 4) is 0 Å². The van der Waals surface area contributed by atoms with Gasteiger partial charge in [-0.2, -0.15) is 0 Å². The predicted molar refractivity (Wildman–Crippen MR) is 133 cm³/mol. The van der Waals surface area contributed by atoms with Gasteiger partial charge < -0.3 is 15.1 Å². The molecule has 2 aromatic heterocycles. The molecule has 0 saturated carbocycles. The van der Waals surface area contributed by atoms with Crippen molar-refractivity contribution in [2.45, 2.75) is 13.5 Å². The maximum absolute atomic E-state index is 13.4. The number of amides is 1. The van der Waals surface area contributed by atoms with Crippen molar-refractivity contribution < 1.29 is 9.18 Å². The fraction of sp³-hybridized carbons (Fsp3) is 0.250. The van der Waals surface area contributed by atoms with Gasteiger partial charge in [0.2, 0.25) is 11.6 Å². The highest BCUT2D eigenvalue weighted by Crippen LogP contribution is 2.22. The number of aryl methyl sites for hydroxylation is 1. The van der Waals surface area contributed by atoms with E-state index < -0.39 is 17.4 Å². The number of carbonyl (C=O) groups is 1. The third-order valence-corrected chi connectivity index (χ3v) is 6.25. The lowest BCUT2D eigenvalue weighted by molar-refractivity contribution is -0.117. The van der Waals surface area contributed by atoms with Gasteiger partial charge in [0.15, 0.2) is 5.82 Å². The lowest BCUT2D eigenvalue weighted by Crippen LogP contribution is -2.47. The summed E-state index contributed by atoms with van der Waals surface area (Å²) >= 11 is 5.77. The predicted octanol–water partition coefficient (Wildman–Crippen LogP) is 2.96. The maximum atomic E-state index is 13.4. The molecule has 2 aromatic carbocycles. The third kappa shape index (κ3) is 4.69. The molecule has 1 saturated heterocycles. The van der Waals surface area contributed by atoms with E-state index in [0.29, 0.717) is 30.2 Å². The second-order valence-corrected chi connectivity index (χ2v) is 8.78. The summed E-state index contributed by atoms with van der Waals surface area (Å²) < 4.78 is 15.8. The molecule has 35 heavy (non-hydrogen) atoms. The van der Waals surface area contributed by atoms with Gasteiger partial charge >= 0.3 is 5.69 Å². The first-order chi connectivity index (χ1) is 16.9. The minimum absolute atomic E-state index is 0.106. The number of fused-ring (bicyclic) bond motifs is 1. The van der Waals surface area contributed by atoms with E-state index in [9.17, 15) is 14.0 Å². The number of aromatic nitrogens is 4. The van der Waals surface area contributed by atoms with Crippen molar-refractivity contribution in [3.05, 3.63) is 81.7 Å². The van der Waals surface area contributed by atoms with Crippen LogP contribution in [0.4, 0.5) is 21.6 Å².